The van der Waals surface area contributed by atoms with Crippen molar-refractivity contribution in [3.05, 3.63) is 12.4 Å². The highest BCUT2D eigenvalue weighted by Crippen LogP contribution is 2.16. The van der Waals surface area contributed by atoms with Crippen LogP contribution in [0.25, 0.3) is 0 Å². The van der Waals surface area contributed by atoms with Crippen LogP contribution in [-0.4, -0.2) is 43.3 Å². The van der Waals surface area contributed by atoms with Crippen molar-refractivity contribution in [2.75, 3.05) is 32.1 Å². The van der Waals surface area contributed by atoms with E-state index in [1.54, 1.807) is 0 Å². The number of ether oxygens (including phenoxy) is 1. The molecule has 0 aliphatic carbocycles. The molecule has 16 heavy (non-hydrogen) atoms. The third-order valence-electron chi connectivity index (χ3n) is 2.39. The van der Waals surface area contributed by atoms with Gasteiger partial charge in [0.15, 0.2) is 0 Å². The molecule has 0 spiro atoms. The zero-order chi connectivity index (χ0) is 10.7. The van der Waals surface area contributed by atoms with Gasteiger partial charge in [-0.2, -0.15) is 0 Å². The van der Waals surface area contributed by atoms with Gasteiger partial charge in [-0.05, 0) is 13.0 Å². The summed E-state index contributed by atoms with van der Waals surface area (Å²) in [6, 6.07) is 1.86. The molecule has 90 valence electrons. The maximum Gasteiger partial charge on any atom is 0.218 e. The van der Waals surface area contributed by atoms with Crippen molar-refractivity contribution in [3.8, 4) is 5.88 Å². The lowest BCUT2D eigenvalue weighted by Crippen LogP contribution is -2.20. The van der Waals surface area contributed by atoms with Crippen LogP contribution in [0.1, 0.15) is 6.42 Å². The smallest absolute Gasteiger partial charge is 0.218 e. The number of nitrogens with zero attached hydrogens (tertiary/aromatic N) is 3. The van der Waals surface area contributed by atoms with Crippen molar-refractivity contribution >= 4 is 18.2 Å². The van der Waals surface area contributed by atoms with Gasteiger partial charge in [0.1, 0.15) is 18.2 Å². The van der Waals surface area contributed by atoms with Gasteiger partial charge in [-0.1, -0.05) is 0 Å². The number of rotatable bonds is 3. The molecule has 1 aromatic rings. The van der Waals surface area contributed by atoms with Crippen molar-refractivity contribution in [1.29, 1.82) is 0 Å². The Hall–Kier alpha value is -1.07. The van der Waals surface area contributed by atoms with Gasteiger partial charge in [0.05, 0.1) is 0 Å². The average molecular weight is 245 g/mol. The van der Waals surface area contributed by atoms with Gasteiger partial charge < -0.3 is 15.0 Å². The predicted octanol–water partition coefficient (Wildman–Crippen LogP) is 0.705. The minimum Gasteiger partial charge on any atom is -0.473 e. The molecule has 1 unspecified atom stereocenters. The van der Waals surface area contributed by atoms with Crippen LogP contribution in [0.4, 0.5) is 5.82 Å². The second-order valence-electron chi connectivity index (χ2n) is 3.84. The van der Waals surface area contributed by atoms with E-state index < -0.39 is 0 Å². The first kappa shape index (κ1) is 13.0. The highest BCUT2D eigenvalue weighted by molar-refractivity contribution is 5.85. The summed E-state index contributed by atoms with van der Waals surface area (Å²) in [7, 11) is 3.90. The predicted molar refractivity (Wildman–Crippen MR) is 65.5 cm³/mol. The standard InChI is InChI=1S/C10H16N4O.ClH/c1-14(2)9-5-10(13-7-12-9)15-8-3-4-11-6-8;/h5,7-8,11H,3-4,6H2,1-2H3;1H. The Labute approximate surface area is 102 Å². The highest BCUT2D eigenvalue weighted by Gasteiger charge is 2.16. The normalized spacial score (nSPS) is 19.0. The molecule has 5 nitrogen and oxygen atoms in total. The summed E-state index contributed by atoms with van der Waals surface area (Å²) in [6.45, 7) is 1.93. The van der Waals surface area contributed by atoms with Gasteiger partial charge in [-0.15, -0.1) is 12.4 Å². The minimum absolute atomic E-state index is 0. The van der Waals surface area contributed by atoms with E-state index in [0.29, 0.717) is 5.88 Å². The van der Waals surface area contributed by atoms with Crippen LogP contribution in [0.5, 0.6) is 5.88 Å². The summed E-state index contributed by atoms with van der Waals surface area (Å²) in [5.41, 5.74) is 0. The molecular formula is C10H17ClN4O. The lowest BCUT2D eigenvalue weighted by atomic mass is 10.3. The summed E-state index contributed by atoms with van der Waals surface area (Å²) in [4.78, 5) is 10.2. The van der Waals surface area contributed by atoms with E-state index in [1.165, 1.54) is 6.33 Å². The fourth-order valence-corrected chi connectivity index (χ4v) is 1.54. The molecule has 2 rings (SSSR count). The quantitative estimate of drug-likeness (QED) is 0.849. The molecule has 0 aromatic carbocycles. The van der Waals surface area contributed by atoms with Crippen molar-refractivity contribution < 1.29 is 4.74 Å². The topological polar surface area (TPSA) is 50.3 Å². The average Bonchev–Trinajstić information content (AvgIpc) is 2.71. The first-order valence-corrected chi connectivity index (χ1v) is 5.12. The van der Waals surface area contributed by atoms with Gasteiger partial charge >= 0.3 is 0 Å². The molecule has 1 atom stereocenters. The van der Waals surface area contributed by atoms with Crippen molar-refractivity contribution in [1.82, 2.24) is 15.3 Å². The Bertz CT molecular complexity index is 328. The van der Waals surface area contributed by atoms with Crippen LogP contribution in [0.15, 0.2) is 12.4 Å². The molecule has 1 aromatic heterocycles. The molecule has 6 heteroatoms. The summed E-state index contributed by atoms with van der Waals surface area (Å²) in [6.07, 6.45) is 2.82. The summed E-state index contributed by atoms with van der Waals surface area (Å²) in [5, 5.41) is 3.25. The number of hydrogen-bond donors (Lipinski definition) is 1. The Balaban J connectivity index is 0.00000128. The van der Waals surface area contributed by atoms with Crippen LogP contribution in [-0.2, 0) is 0 Å². The van der Waals surface area contributed by atoms with Gasteiger partial charge in [0, 0.05) is 26.7 Å². The lowest BCUT2D eigenvalue weighted by molar-refractivity contribution is 0.214. The second kappa shape index (κ2) is 5.86. The molecule has 0 saturated carbocycles. The summed E-state index contributed by atoms with van der Waals surface area (Å²) in [5.74, 6) is 1.52. The zero-order valence-corrected chi connectivity index (χ0v) is 10.3. The van der Waals surface area contributed by atoms with Crippen LogP contribution in [0.3, 0.4) is 0 Å². The summed E-state index contributed by atoms with van der Waals surface area (Å²) < 4.78 is 5.73. The molecular weight excluding hydrogens is 228 g/mol. The van der Waals surface area contributed by atoms with Gasteiger partial charge in [-0.25, -0.2) is 9.97 Å². The SMILES string of the molecule is CN(C)c1cc(OC2CCNC2)ncn1.Cl. The molecule has 0 bridgehead atoms. The van der Waals surface area contributed by atoms with Gasteiger partial charge in [0.25, 0.3) is 0 Å². The van der Waals surface area contributed by atoms with Crippen LogP contribution in [0.2, 0.25) is 0 Å². The Kier molecular flexibility index (Phi) is 4.76. The number of anilines is 1. The largest absolute Gasteiger partial charge is 0.473 e. The minimum atomic E-state index is 0. The first-order valence-electron chi connectivity index (χ1n) is 5.12. The third-order valence-corrected chi connectivity index (χ3v) is 2.39. The van der Waals surface area contributed by atoms with E-state index >= 15 is 0 Å². The highest BCUT2D eigenvalue weighted by atomic mass is 35.5. The first-order chi connectivity index (χ1) is 7.25. The van der Waals surface area contributed by atoms with Crippen molar-refractivity contribution in [3.63, 3.8) is 0 Å². The number of halogens is 1. The number of aromatic nitrogens is 2. The monoisotopic (exact) mass is 244 g/mol. The maximum atomic E-state index is 5.73. The van der Waals surface area contributed by atoms with E-state index in [1.807, 2.05) is 25.1 Å². The fourth-order valence-electron chi connectivity index (χ4n) is 1.54. The second-order valence-corrected chi connectivity index (χ2v) is 3.84. The molecule has 1 aliphatic heterocycles. The Morgan fingerprint density at radius 3 is 2.88 bits per heavy atom. The molecule has 1 N–H and O–H groups in total. The number of nitrogens with one attached hydrogen (secondary N) is 1. The Morgan fingerprint density at radius 1 is 1.44 bits per heavy atom. The summed E-state index contributed by atoms with van der Waals surface area (Å²) >= 11 is 0. The molecule has 0 radical (unpaired) electrons. The van der Waals surface area contributed by atoms with Crippen molar-refractivity contribution in [2.24, 2.45) is 0 Å². The van der Waals surface area contributed by atoms with Crippen LogP contribution in [0, 0.1) is 0 Å². The number of hydrogen-bond acceptors (Lipinski definition) is 5. The van der Waals surface area contributed by atoms with Gasteiger partial charge in [-0.3, -0.25) is 0 Å². The van der Waals surface area contributed by atoms with Crippen LogP contribution < -0.4 is 15.0 Å². The molecule has 0 amide bonds. The van der Waals surface area contributed by atoms with Gasteiger partial charge in [0.2, 0.25) is 5.88 Å². The van der Waals surface area contributed by atoms with E-state index in [0.717, 1.165) is 25.3 Å². The van der Waals surface area contributed by atoms with Crippen molar-refractivity contribution in [2.45, 2.75) is 12.5 Å². The molecule has 1 fully saturated rings. The van der Waals surface area contributed by atoms with E-state index in [4.69, 9.17) is 4.74 Å². The molecule has 1 aliphatic rings. The van der Waals surface area contributed by atoms with E-state index in [2.05, 4.69) is 15.3 Å². The van der Waals surface area contributed by atoms with E-state index in [-0.39, 0.29) is 18.5 Å². The Morgan fingerprint density at radius 2 is 2.25 bits per heavy atom. The maximum absolute atomic E-state index is 5.73. The zero-order valence-electron chi connectivity index (χ0n) is 9.51. The lowest BCUT2D eigenvalue weighted by Gasteiger charge is -2.14. The fraction of sp³-hybridized carbons (Fsp3) is 0.600. The van der Waals surface area contributed by atoms with Crippen LogP contribution >= 0.6 is 12.4 Å². The van der Waals surface area contributed by atoms with E-state index in [9.17, 15) is 0 Å². The third kappa shape index (κ3) is 3.21. The molecule has 2 heterocycles. The molecule has 1 saturated heterocycles.